The predicted octanol–water partition coefficient (Wildman–Crippen LogP) is 0.232. The molecule has 0 aromatic rings. The monoisotopic (exact) mass is 141 g/mol. The SMILES string of the molecule is COP(=O)(CN)OO. The van der Waals surface area contributed by atoms with Crippen molar-refractivity contribution in [2.45, 2.75) is 0 Å². The number of hydrogen-bond donors (Lipinski definition) is 2. The molecule has 0 saturated heterocycles. The molecule has 8 heavy (non-hydrogen) atoms. The largest absolute Gasteiger partial charge is 0.370 e. The van der Waals surface area contributed by atoms with E-state index >= 15 is 0 Å². The van der Waals surface area contributed by atoms with Crippen LogP contribution in [0.5, 0.6) is 0 Å². The van der Waals surface area contributed by atoms with E-state index in [-0.39, 0.29) is 6.29 Å². The lowest BCUT2D eigenvalue weighted by atomic mass is 11.6. The Kier molecular flexibility index (Phi) is 3.19. The fourth-order valence-corrected chi connectivity index (χ4v) is 0.424. The summed E-state index contributed by atoms with van der Waals surface area (Å²) in [4.78, 5) is 0. The van der Waals surface area contributed by atoms with Crippen LogP contribution in [0.1, 0.15) is 0 Å². The molecule has 3 N–H and O–H groups in total. The highest BCUT2D eigenvalue weighted by molar-refractivity contribution is 7.53. The molecule has 0 aliphatic carbocycles. The van der Waals surface area contributed by atoms with Crippen LogP contribution in [0.25, 0.3) is 0 Å². The number of rotatable bonds is 3. The lowest BCUT2D eigenvalue weighted by Crippen LogP contribution is -2.03. The van der Waals surface area contributed by atoms with E-state index in [4.69, 9.17) is 11.0 Å². The molecule has 1 unspecified atom stereocenters. The molecular formula is C2H8NO4P. The fourth-order valence-electron chi connectivity index (χ4n) is 0.141. The van der Waals surface area contributed by atoms with Gasteiger partial charge in [0.1, 0.15) is 0 Å². The van der Waals surface area contributed by atoms with Crippen molar-refractivity contribution in [3.8, 4) is 0 Å². The van der Waals surface area contributed by atoms with Gasteiger partial charge in [0.15, 0.2) is 0 Å². The summed E-state index contributed by atoms with van der Waals surface area (Å²) in [5.41, 5.74) is 4.85. The Morgan fingerprint density at radius 3 is 2.38 bits per heavy atom. The van der Waals surface area contributed by atoms with E-state index in [0.717, 1.165) is 7.11 Å². The maximum atomic E-state index is 10.5. The summed E-state index contributed by atoms with van der Waals surface area (Å²) in [6.45, 7) is 0. The minimum Gasteiger partial charge on any atom is -0.320 e. The average molecular weight is 141 g/mol. The van der Waals surface area contributed by atoms with E-state index in [2.05, 4.69) is 9.20 Å². The highest BCUT2D eigenvalue weighted by atomic mass is 31.2. The Hall–Kier alpha value is 0.0700. The Morgan fingerprint density at radius 2 is 2.38 bits per heavy atom. The van der Waals surface area contributed by atoms with E-state index in [0.29, 0.717) is 0 Å². The quantitative estimate of drug-likeness (QED) is 0.334. The second-order valence-electron chi connectivity index (χ2n) is 1.06. The zero-order valence-corrected chi connectivity index (χ0v) is 5.30. The molecule has 0 aromatic carbocycles. The predicted molar refractivity (Wildman–Crippen MR) is 27.4 cm³/mol. The molecule has 0 fully saturated rings. The summed E-state index contributed by atoms with van der Waals surface area (Å²) in [6.07, 6.45) is -0.319. The zero-order valence-electron chi connectivity index (χ0n) is 4.40. The van der Waals surface area contributed by atoms with Crippen molar-refractivity contribution in [1.82, 2.24) is 0 Å². The van der Waals surface area contributed by atoms with Crippen molar-refractivity contribution in [3.63, 3.8) is 0 Å². The van der Waals surface area contributed by atoms with Crippen LogP contribution in [0.2, 0.25) is 0 Å². The van der Waals surface area contributed by atoms with E-state index < -0.39 is 7.60 Å². The molecular weight excluding hydrogens is 133 g/mol. The summed E-state index contributed by atoms with van der Waals surface area (Å²) >= 11 is 0. The van der Waals surface area contributed by atoms with Crippen molar-refractivity contribution in [3.05, 3.63) is 0 Å². The van der Waals surface area contributed by atoms with Gasteiger partial charge in [-0.1, -0.05) is 0 Å². The molecule has 0 aromatic heterocycles. The Labute approximate surface area is 46.9 Å². The van der Waals surface area contributed by atoms with Crippen molar-refractivity contribution < 1.29 is 19.0 Å². The maximum Gasteiger partial charge on any atom is 0.370 e. The summed E-state index contributed by atoms with van der Waals surface area (Å²) < 4.78 is 18.1. The summed E-state index contributed by atoms with van der Waals surface area (Å²) in [5.74, 6) is 0. The summed E-state index contributed by atoms with van der Waals surface area (Å²) in [7, 11) is -2.19. The molecule has 5 nitrogen and oxygen atoms in total. The van der Waals surface area contributed by atoms with Gasteiger partial charge in [-0.25, -0.2) is 5.26 Å². The minimum absolute atomic E-state index is 0.319. The van der Waals surface area contributed by atoms with E-state index in [1.54, 1.807) is 0 Å². The van der Waals surface area contributed by atoms with Gasteiger partial charge >= 0.3 is 7.60 Å². The van der Waals surface area contributed by atoms with E-state index in [9.17, 15) is 4.57 Å². The van der Waals surface area contributed by atoms with Gasteiger partial charge in [-0.05, 0) is 0 Å². The third kappa shape index (κ3) is 1.90. The van der Waals surface area contributed by atoms with Crippen molar-refractivity contribution in [1.29, 1.82) is 0 Å². The molecule has 0 amide bonds. The highest BCUT2D eigenvalue weighted by Gasteiger charge is 2.19. The van der Waals surface area contributed by atoms with Crippen LogP contribution >= 0.6 is 7.60 Å². The molecule has 1 atom stereocenters. The first-order valence-corrected chi connectivity index (χ1v) is 3.59. The van der Waals surface area contributed by atoms with Crippen LogP contribution < -0.4 is 5.73 Å². The van der Waals surface area contributed by atoms with Crippen LogP contribution in [-0.4, -0.2) is 18.7 Å². The summed E-state index contributed by atoms with van der Waals surface area (Å²) in [6, 6.07) is 0. The molecule has 0 aliphatic heterocycles. The van der Waals surface area contributed by atoms with Crippen LogP contribution in [0.4, 0.5) is 0 Å². The molecule has 0 bridgehead atoms. The van der Waals surface area contributed by atoms with Crippen LogP contribution in [0.15, 0.2) is 0 Å². The van der Waals surface area contributed by atoms with Gasteiger partial charge in [-0.15, -0.1) is 0 Å². The first kappa shape index (κ1) is 8.07. The van der Waals surface area contributed by atoms with E-state index in [1.165, 1.54) is 0 Å². The van der Waals surface area contributed by atoms with Gasteiger partial charge in [0, 0.05) is 7.11 Å². The van der Waals surface area contributed by atoms with Gasteiger partial charge in [-0.3, -0.25) is 4.57 Å². The number of nitrogens with two attached hydrogens (primary N) is 1. The van der Waals surface area contributed by atoms with Crippen molar-refractivity contribution >= 4 is 7.60 Å². The standard InChI is InChI=1S/C2H8NO4P/c1-6-8(5,2-3)7-4/h4H,2-3H2,1H3. The second-order valence-corrected chi connectivity index (χ2v) is 3.17. The minimum atomic E-state index is -3.33. The molecule has 0 spiro atoms. The molecule has 50 valence electrons. The normalized spacial score (nSPS) is 17.9. The Balaban J connectivity index is 3.79. The summed E-state index contributed by atoms with van der Waals surface area (Å²) in [5, 5.41) is 7.82. The van der Waals surface area contributed by atoms with Gasteiger partial charge in [0.2, 0.25) is 0 Å². The van der Waals surface area contributed by atoms with Gasteiger partial charge in [0.25, 0.3) is 0 Å². The molecule has 0 aliphatic rings. The fraction of sp³-hybridized carbons (Fsp3) is 1.00. The topological polar surface area (TPSA) is 81.8 Å². The second kappa shape index (κ2) is 3.17. The van der Waals surface area contributed by atoms with Crippen LogP contribution in [0.3, 0.4) is 0 Å². The first-order valence-electron chi connectivity index (χ1n) is 1.86. The number of hydrogen-bond acceptors (Lipinski definition) is 5. The van der Waals surface area contributed by atoms with Crippen molar-refractivity contribution in [2.24, 2.45) is 5.73 Å². The lowest BCUT2D eigenvalue weighted by Gasteiger charge is -2.06. The van der Waals surface area contributed by atoms with Crippen molar-refractivity contribution in [2.75, 3.05) is 13.4 Å². The Morgan fingerprint density at radius 1 is 1.88 bits per heavy atom. The zero-order chi connectivity index (χ0) is 6.62. The van der Waals surface area contributed by atoms with Gasteiger partial charge in [0.05, 0.1) is 6.29 Å². The van der Waals surface area contributed by atoms with E-state index in [1.807, 2.05) is 0 Å². The first-order chi connectivity index (χ1) is 3.68. The average Bonchev–Trinajstić information content (AvgIpc) is 1.87. The van der Waals surface area contributed by atoms with Crippen LogP contribution in [-0.2, 0) is 13.8 Å². The highest BCUT2D eigenvalue weighted by Crippen LogP contribution is 2.43. The van der Waals surface area contributed by atoms with Crippen LogP contribution in [0, 0.1) is 0 Å². The van der Waals surface area contributed by atoms with Gasteiger partial charge in [-0.2, -0.15) is 4.67 Å². The lowest BCUT2D eigenvalue weighted by molar-refractivity contribution is -0.147. The smallest absolute Gasteiger partial charge is 0.320 e. The molecule has 6 heteroatoms. The maximum absolute atomic E-state index is 10.5. The molecule has 0 saturated carbocycles. The molecule has 0 rings (SSSR count). The van der Waals surface area contributed by atoms with Gasteiger partial charge < -0.3 is 10.3 Å². The molecule has 0 heterocycles. The Bertz CT molecular complexity index is 85.2. The third-order valence-corrected chi connectivity index (χ3v) is 1.88. The molecule has 0 radical (unpaired) electrons. The third-order valence-electron chi connectivity index (χ3n) is 0.626.